The number of H-pyrrole nitrogens is 1. The number of aromatic amines is 1. The lowest BCUT2D eigenvalue weighted by Gasteiger charge is -2.03. The molecule has 0 unspecified atom stereocenters. The van der Waals surface area contributed by atoms with Gasteiger partial charge < -0.3 is 10.1 Å². The Morgan fingerprint density at radius 1 is 1.13 bits per heavy atom. The molecule has 0 aliphatic carbocycles. The van der Waals surface area contributed by atoms with Crippen LogP contribution in [-0.2, 0) is 6.61 Å². The molecule has 0 saturated heterocycles. The van der Waals surface area contributed by atoms with Gasteiger partial charge in [0.15, 0.2) is 5.78 Å². The first-order valence-electron chi connectivity index (χ1n) is 9.44. The van der Waals surface area contributed by atoms with Crippen LogP contribution in [0.1, 0.15) is 26.4 Å². The number of aromatic nitrogens is 2. The van der Waals surface area contributed by atoms with Gasteiger partial charge >= 0.3 is 5.69 Å². The number of allylic oxidation sites excluding steroid dienone is 1. The molecule has 0 atom stereocenters. The van der Waals surface area contributed by atoms with E-state index in [0.29, 0.717) is 11.3 Å². The summed E-state index contributed by atoms with van der Waals surface area (Å²) in [5.74, 6) is -0.152. The van der Waals surface area contributed by atoms with Gasteiger partial charge in [0.2, 0.25) is 0 Å². The summed E-state index contributed by atoms with van der Waals surface area (Å²) in [4.78, 5) is 30.1. The highest BCUT2D eigenvalue weighted by Crippen LogP contribution is 2.26. The van der Waals surface area contributed by atoms with Crippen molar-refractivity contribution in [3.8, 4) is 16.3 Å². The number of nitrogens with one attached hydrogen (secondary N) is 1. The van der Waals surface area contributed by atoms with Crippen LogP contribution in [0.2, 0.25) is 0 Å². The molecule has 0 radical (unpaired) electrons. The predicted molar refractivity (Wildman–Crippen MR) is 120 cm³/mol. The maximum Gasteiger partial charge on any atom is 0.330 e. The fourth-order valence-corrected chi connectivity index (χ4v) is 3.94. The average molecular weight is 417 g/mol. The number of carbonyl (C=O) groups is 1. The average Bonchev–Trinajstić information content (AvgIpc) is 3.38. The molecule has 6 heteroatoms. The largest absolute Gasteiger partial charge is 0.392 e. The van der Waals surface area contributed by atoms with Gasteiger partial charge in [0.1, 0.15) is 0 Å². The molecule has 150 valence electrons. The van der Waals surface area contributed by atoms with Crippen molar-refractivity contribution in [1.82, 2.24) is 9.55 Å². The van der Waals surface area contributed by atoms with Crippen LogP contribution in [0.15, 0.2) is 77.7 Å². The molecule has 0 fully saturated rings. The number of hydrogen-bond acceptors (Lipinski definition) is 4. The van der Waals surface area contributed by atoms with Crippen LogP contribution in [0.25, 0.3) is 22.3 Å². The van der Waals surface area contributed by atoms with Crippen LogP contribution in [0.4, 0.5) is 0 Å². The van der Waals surface area contributed by atoms with Gasteiger partial charge in [0.25, 0.3) is 0 Å². The van der Waals surface area contributed by atoms with Crippen LogP contribution in [-0.4, -0.2) is 20.4 Å². The molecule has 2 heterocycles. The second kappa shape index (κ2) is 8.49. The van der Waals surface area contributed by atoms with Crippen LogP contribution < -0.4 is 5.69 Å². The SMILES string of the molecule is Cc1ccc(-c2cn(-c3cccc(C(=O)C=Cc4ccc(CO)cc4)c3)c(=O)[nH]2)s1. The Labute approximate surface area is 177 Å². The number of imidazole rings is 1. The minimum absolute atomic E-state index is 0.0119. The Hall–Kier alpha value is -3.48. The summed E-state index contributed by atoms with van der Waals surface area (Å²) in [5.41, 5.74) is 3.32. The van der Waals surface area contributed by atoms with E-state index in [9.17, 15) is 9.59 Å². The monoisotopic (exact) mass is 416 g/mol. The summed E-state index contributed by atoms with van der Waals surface area (Å²) < 4.78 is 1.51. The molecular weight excluding hydrogens is 396 g/mol. The zero-order valence-corrected chi connectivity index (χ0v) is 17.1. The molecule has 30 heavy (non-hydrogen) atoms. The lowest BCUT2D eigenvalue weighted by molar-refractivity contribution is 0.104. The molecule has 2 aromatic carbocycles. The summed E-state index contributed by atoms with van der Waals surface area (Å²) in [6.45, 7) is 2.01. The summed E-state index contributed by atoms with van der Waals surface area (Å²) in [6, 6.07) is 18.3. The summed E-state index contributed by atoms with van der Waals surface area (Å²) in [6.07, 6.45) is 5.00. The number of nitrogens with zero attached hydrogens (tertiary/aromatic N) is 1. The topological polar surface area (TPSA) is 75.1 Å². The molecule has 2 N–H and O–H groups in total. The Morgan fingerprint density at radius 3 is 2.63 bits per heavy atom. The van der Waals surface area contributed by atoms with Gasteiger partial charge in [-0.05, 0) is 48.4 Å². The maximum atomic E-state index is 12.6. The third-order valence-corrected chi connectivity index (χ3v) is 5.76. The molecule has 5 nitrogen and oxygen atoms in total. The van der Waals surface area contributed by atoms with E-state index in [4.69, 9.17) is 5.11 Å². The molecule has 0 saturated carbocycles. The number of hydrogen-bond donors (Lipinski definition) is 2. The fourth-order valence-electron chi connectivity index (χ4n) is 3.10. The highest BCUT2D eigenvalue weighted by atomic mass is 32.1. The van der Waals surface area contributed by atoms with Crippen molar-refractivity contribution in [3.05, 3.63) is 105 Å². The van der Waals surface area contributed by atoms with Crippen molar-refractivity contribution in [3.63, 3.8) is 0 Å². The van der Waals surface area contributed by atoms with Crippen molar-refractivity contribution < 1.29 is 9.90 Å². The minimum Gasteiger partial charge on any atom is -0.392 e. The molecular formula is C24H20N2O3S. The van der Waals surface area contributed by atoms with E-state index in [1.807, 2.05) is 43.3 Å². The van der Waals surface area contributed by atoms with Gasteiger partial charge in [0, 0.05) is 16.6 Å². The van der Waals surface area contributed by atoms with Crippen molar-refractivity contribution in [2.75, 3.05) is 0 Å². The molecule has 4 aromatic rings. The highest BCUT2D eigenvalue weighted by Gasteiger charge is 2.10. The Balaban J connectivity index is 1.58. The van der Waals surface area contributed by atoms with Crippen molar-refractivity contribution >= 4 is 23.2 Å². The molecule has 0 spiro atoms. The van der Waals surface area contributed by atoms with Gasteiger partial charge in [-0.3, -0.25) is 9.36 Å². The standard InChI is InChI=1S/C24H20N2O3S/c1-16-5-12-23(30-16)21-14-26(24(29)25-21)20-4-2-3-19(13-20)22(28)11-10-17-6-8-18(15-27)9-7-17/h2-14,27H,15H2,1H3,(H,25,29). The maximum absolute atomic E-state index is 12.6. The van der Waals surface area contributed by atoms with Gasteiger partial charge in [-0.2, -0.15) is 0 Å². The van der Waals surface area contributed by atoms with E-state index in [1.165, 1.54) is 15.5 Å². The predicted octanol–water partition coefficient (Wildman–Crippen LogP) is 4.59. The molecule has 0 bridgehead atoms. The van der Waals surface area contributed by atoms with E-state index in [0.717, 1.165) is 21.7 Å². The number of thiophene rings is 1. The molecule has 0 amide bonds. The molecule has 2 aromatic heterocycles. The molecule has 4 rings (SSSR count). The number of rotatable bonds is 6. The minimum atomic E-state index is -0.250. The quantitative estimate of drug-likeness (QED) is 0.357. The second-order valence-electron chi connectivity index (χ2n) is 6.90. The highest BCUT2D eigenvalue weighted by molar-refractivity contribution is 7.15. The van der Waals surface area contributed by atoms with Crippen LogP contribution in [0, 0.1) is 6.92 Å². The summed E-state index contributed by atoms with van der Waals surface area (Å²) in [7, 11) is 0. The lowest BCUT2D eigenvalue weighted by Crippen LogP contribution is -2.14. The summed E-state index contributed by atoms with van der Waals surface area (Å²) in [5, 5.41) is 9.10. The van der Waals surface area contributed by atoms with E-state index in [-0.39, 0.29) is 18.1 Å². The van der Waals surface area contributed by atoms with Gasteiger partial charge in [-0.15, -0.1) is 11.3 Å². The Morgan fingerprint density at radius 2 is 1.93 bits per heavy atom. The van der Waals surface area contributed by atoms with Crippen LogP contribution in [0.5, 0.6) is 0 Å². The van der Waals surface area contributed by atoms with Gasteiger partial charge in [-0.25, -0.2) is 4.79 Å². The number of aliphatic hydroxyl groups is 1. The first kappa shape index (κ1) is 19.8. The number of ketones is 1. The van der Waals surface area contributed by atoms with E-state index in [2.05, 4.69) is 4.98 Å². The third-order valence-electron chi connectivity index (χ3n) is 4.72. The van der Waals surface area contributed by atoms with Gasteiger partial charge in [-0.1, -0.05) is 42.5 Å². The first-order chi connectivity index (χ1) is 14.5. The van der Waals surface area contributed by atoms with Crippen LogP contribution >= 0.6 is 11.3 Å². The Bertz CT molecular complexity index is 1280. The van der Waals surface area contributed by atoms with Crippen molar-refractivity contribution in [2.45, 2.75) is 13.5 Å². The Kier molecular flexibility index (Phi) is 5.61. The smallest absolute Gasteiger partial charge is 0.330 e. The molecule has 0 aliphatic heterocycles. The van der Waals surface area contributed by atoms with Crippen molar-refractivity contribution in [2.24, 2.45) is 0 Å². The number of benzene rings is 2. The number of carbonyl (C=O) groups excluding carboxylic acids is 1. The van der Waals surface area contributed by atoms with E-state index < -0.39 is 0 Å². The fraction of sp³-hybridized carbons (Fsp3) is 0.0833. The number of aliphatic hydroxyl groups excluding tert-OH is 1. The van der Waals surface area contributed by atoms with Crippen molar-refractivity contribution in [1.29, 1.82) is 0 Å². The second-order valence-corrected chi connectivity index (χ2v) is 8.19. The van der Waals surface area contributed by atoms with E-state index >= 15 is 0 Å². The van der Waals surface area contributed by atoms with E-state index in [1.54, 1.807) is 47.9 Å². The lowest BCUT2D eigenvalue weighted by atomic mass is 10.1. The summed E-state index contributed by atoms with van der Waals surface area (Å²) >= 11 is 1.61. The number of aryl methyl sites for hydroxylation is 1. The normalized spacial score (nSPS) is 11.3. The zero-order chi connectivity index (χ0) is 21.1. The van der Waals surface area contributed by atoms with Gasteiger partial charge in [0.05, 0.1) is 22.9 Å². The van der Waals surface area contributed by atoms with Crippen LogP contribution in [0.3, 0.4) is 0 Å². The third kappa shape index (κ3) is 4.25. The zero-order valence-electron chi connectivity index (χ0n) is 16.3. The molecule has 0 aliphatic rings. The first-order valence-corrected chi connectivity index (χ1v) is 10.3.